The van der Waals surface area contributed by atoms with E-state index in [-0.39, 0.29) is 31.0 Å². The number of carbonyl (C=O) groups is 1. The van der Waals surface area contributed by atoms with E-state index in [1.807, 2.05) is 0 Å². The first kappa shape index (κ1) is 12.1. The monoisotopic (exact) mass is 142 g/mol. The van der Waals surface area contributed by atoms with E-state index < -0.39 is 12.1 Å². The number of aliphatic hydroxyl groups excluding tert-OH is 1. The van der Waals surface area contributed by atoms with Gasteiger partial charge in [-0.05, 0) is 13.8 Å². The molecule has 0 bridgehead atoms. The van der Waals surface area contributed by atoms with Crippen LogP contribution >= 0.6 is 0 Å². The van der Waals surface area contributed by atoms with Gasteiger partial charge in [-0.2, -0.15) is 0 Å². The Morgan fingerprint density at radius 2 is 2.33 bits per heavy atom. The van der Waals surface area contributed by atoms with Crippen LogP contribution in [-0.2, 0) is 9.53 Å². The van der Waals surface area contributed by atoms with Crippen molar-refractivity contribution in [2.75, 3.05) is 6.61 Å². The summed E-state index contributed by atoms with van der Waals surface area (Å²) in [6, 6.07) is 0. The van der Waals surface area contributed by atoms with Crippen molar-refractivity contribution < 1.29 is 45.6 Å². The molecule has 9 heavy (non-hydrogen) atoms. The Hall–Kier alpha value is 0.430. The summed E-state index contributed by atoms with van der Waals surface area (Å²) in [6.45, 7) is 3.39. The first-order valence-corrected chi connectivity index (χ1v) is 2.53. The molecule has 0 aliphatic carbocycles. The molecule has 0 saturated carbocycles. The van der Waals surface area contributed by atoms with Crippen molar-refractivity contribution >= 4 is 5.97 Å². The van der Waals surface area contributed by atoms with Gasteiger partial charge in [0.15, 0.2) is 0 Å². The van der Waals surface area contributed by atoms with Gasteiger partial charge in [0, 0.05) is 0 Å². The standard InChI is InChI=1S/C5H10O3.Na.H/c1-3-8-5(7)4(2)6;;/h4,6H,3H2,1-2H3;;/q;+1;-1. The van der Waals surface area contributed by atoms with Crippen molar-refractivity contribution in [1.82, 2.24) is 0 Å². The van der Waals surface area contributed by atoms with E-state index in [1.54, 1.807) is 6.92 Å². The summed E-state index contributed by atoms with van der Waals surface area (Å²) in [6.07, 6.45) is -0.991. The van der Waals surface area contributed by atoms with Crippen LogP contribution in [0.2, 0.25) is 0 Å². The first-order valence-electron chi connectivity index (χ1n) is 2.53. The molecule has 4 heteroatoms. The second-order valence-corrected chi connectivity index (χ2v) is 1.43. The maximum Gasteiger partial charge on any atom is 1.00 e. The SMILES string of the molecule is CCOC(=O)C(C)O.[H-].[Na+]. The summed E-state index contributed by atoms with van der Waals surface area (Å²) in [7, 11) is 0. The van der Waals surface area contributed by atoms with Crippen LogP contribution in [0.3, 0.4) is 0 Å². The van der Waals surface area contributed by atoms with Gasteiger partial charge in [0.2, 0.25) is 0 Å². The fraction of sp³-hybridized carbons (Fsp3) is 0.800. The Bertz CT molecular complexity index is 87.0. The molecule has 0 spiro atoms. The molecule has 0 fully saturated rings. The van der Waals surface area contributed by atoms with Gasteiger partial charge in [-0.25, -0.2) is 4.79 Å². The number of esters is 1. The van der Waals surface area contributed by atoms with E-state index in [1.165, 1.54) is 6.92 Å². The molecule has 0 aromatic carbocycles. The van der Waals surface area contributed by atoms with Gasteiger partial charge in [0.25, 0.3) is 0 Å². The van der Waals surface area contributed by atoms with E-state index in [2.05, 4.69) is 4.74 Å². The molecule has 0 radical (unpaired) electrons. The Morgan fingerprint density at radius 3 is 2.44 bits per heavy atom. The zero-order chi connectivity index (χ0) is 6.57. The van der Waals surface area contributed by atoms with Crippen LogP contribution in [0.5, 0.6) is 0 Å². The van der Waals surface area contributed by atoms with Crippen LogP contribution in [-0.4, -0.2) is 23.8 Å². The van der Waals surface area contributed by atoms with Crippen LogP contribution in [0, 0.1) is 0 Å². The van der Waals surface area contributed by atoms with Gasteiger partial charge in [-0.3, -0.25) is 0 Å². The third-order valence-electron chi connectivity index (χ3n) is 0.628. The van der Waals surface area contributed by atoms with Gasteiger partial charge in [-0.15, -0.1) is 0 Å². The topological polar surface area (TPSA) is 46.5 Å². The fourth-order valence-corrected chi connectivity index (χ4v) is 0.263. The number of rotatable bonds is 2. The minimum absolute atomic E-state index is 0. The summed E-state index contributed by atoms with van der Waals surface area (Å²) >= 11 is 0. The minimum Gasteiger partial charge on any atom is -1.00 e. The van der Waals surface area contributed by atoms with Crippen LogP contribution < -0.4 is 29.6 Å². The average molecular weight is 142 g/mol. The quantitative estimate of drug-likeness (QED) is 0.331. The predicted octanol–water partition coefficient (Wildman–Crippen LogP) is -2.95. The molecule has 0 amide bonds. The molecule has 1 atom stereocenters. The molecule has 1 unspecified atom stereocenters. The minimum atomic E-state index is -0.991. The zero-order valence-corrected chi connectivity index (χ0v) is 8.05. The van der Waals surface area contributed by atoms with E-state index in [0.29, 0.717) is 6.61 Å². The predicted molar refractivity (Wildman–Crippen MR) is 29.4 cm³/mol. The smallest absolute Gasteiger partial charge is 1.00 e. The van der Waals surface area contributed by atoms with Crippen molar-refractivity contribution in [2.24, 2.45) is 0 Å². The van der Waals surface area contributed by atoms with Crippen LogP contribution in [0.15, 0.2) is 0 Å². The van der Waals surface area contributed by atoms with E-state index >= 15 is 0 Å². The van der Waals surface area contributed by atoms with Gasteiger partial charge in [-0.1, -0.05) is 0 Å². The molecule has 0 aliphatic heterocycles. The summed E-state index contributed by atoms with van der Waals surface area (Å²) < 4.78 is 4.41. The molecule has 50 valence electrons. The molecule has 0 rings (SSSR count). The summed E-state index contributed by atoms with van der Waals surface area (Å²) in [4.78, 5) is 10.3. The van der Waals surface area contributed by atoms with E-state index in [4.69, 9.17) is 5.11 Å². The number of ether oxygens (including phenoxy) is 1. The average Bonchev–Trinajstić information content (AvgIpc) is 1.67. The molecule has 3 nitrogen and oxygen atoms in total. The van der Waals surface area contributed by atoms with Crippen molar-refractivity contribution in [1.29, 1.82) is 0 Å². The van der Waals surface area contributed by atoms with Crippen molar-refractivity contribution in [3.8, 4) is 0 Å². The molecule has 0 aromatic rings. The van der Waals surface area contributed by atoms with Crippen molar-refractivity contribution in [3.05, 3.63) is 0 Å². The third kappa shape index (κ3) is 6.31. The van der Waals surface area contributed by atoms with Crippen LogP contribution in [0.25, 0.3) is 0 Å². The largest absolute Gasteiger partial charge is 1.00 e. The Balaban J connectivity index is -0.000000245. The molecular weight excluding hydrogens is 131 g/mol. The molecule has 0 aromatic heterocycles. The van der Waals surface area contributed by atoms with Crippen LogP contribution in [0.1, 0.15) is 15.3 Å². The number of aliphatic hydroxyl groups is 1. The normalized spacial score (nSPS) is 11.4. The maximum absolute atomic E-state index is 10.3. The Morgan fingerprint density at radius 1 is 1.89 bits per heavy atom. The van der Waals surface area contributed by atoms with Gasteiger partial charge in [0.05, 0.1) is 6.61 Å². The van der Waals surface area contributed by atoms with Crippen LogP contribution in [0.4, 0.5) is 0 Å². The molecule has 1 N–H and O–H groups in total. The number of hydrogen-bond acceptors (Lipinski definition) is 3. The summed E-state index contributed by atoms with van der Waals surface area (Å²) in [5.41, 5.74) is 0. The Labute approximate surface area is 78.2 Å². The second-order valence-electron chi connectivity index (χ2n) is 1.43. The van der Waals surface area contributed by atoms with Gasteiger partial charge >= 0.3 is 35.5 Å². The third-order valence-corrected chi connectivity index (χ3v) is 0.628. The zero-order valence-electron chi connectivity index (χ0n) is 7.05. The summed E-state index contributed by atoms with van der Waals surface area (Å²) in [5, 5.41) is 8.48. The van der Waals surface area contributed by atoms with E-state index in [9.17, 15) is 4.79 Å². The fourth-order valence-electron chi connectivity index (χ4n) is 0.263. The maximum atomic E-state index is 10.3. The second kappa shape index (κ2) is 6.55. The Kier molecular flexibility index (Phi) is 8.83. The summed E-state index contributed by atoms with van der Waals surface area (Å²) in [5.74, 6) is -0.562. The molecular formula is C5H11NaO3. The van der Waals surface area contributed by atoms with E-state index in [0.717, 1.165) is 0 Å². The van der Waals surface area contributed by atoms with Crippen molar-refractivity contribution in [3.63, 3.8) is 0 Å². The molecule has 0 heterocycles. The first-order chi connectivity index (χ1) is 3.68. The number of carbonyl (C=O) groups excluding carboxylic acids is 1. The van der Waals surface area contributed by atoms with Gasteiger partial charge < -0.3 is 11.3 Å². The van der Waals surface area contributed by atoms with Gasteiger partial charge in [0.1, 0.15) is 6.10 Å². The van der Waals surface area contributed by atoms with Crippen molar-refractivity contribution in [2.45, 2.75) is 20.0 Å². The number of hydrogen-bond donors (Lipinski definition) is 1. The molecule has 0 saturated heterocycles. The molecule has 0 aliphatic rings.